The van der Waals surface area contributed by atoms with E-state index in [1.165, 1.54) is 22.3 Å². The smallest absolute Gasteiger partial charge is 0.169 e. The van der Waals surface area contributed by atoms with E-state index < -0.39 is 0 Å². The zero-order chi connectivity index (χ0) is 14.7. The van der Waals surface area contributed by atoms with Crippen molar-refractivity contribution in [1.29, 1.82) is 0 Å². The van der Waals surface area contributed by atoms with Gasteiger partial charge >= 0.3 is 0 Å². The van der Waals surface area contributed by atoms with E-state index in [2.05, 4.69) is 64.8 Å². The second-order valence-electron chi connectivity index (χ2n) is 4.89. The van der Waals surface area contributed by atoms with Gasteiger partial charge in [-0.05, 0) is 69.6 Å². The summed E-state index contributed by atoms with van der Waals surface area (Å²) in [5.41, 5.74) is 5.61. The highest BCUT2D eigenvalue weighted by atomic mass is 79.9. The van der Waals surface area contributed by atoms with Crippen LogP contribution in [0.25, 0.3) is 0 Å². The molecule has 20 heavy (non-hydrogen) atoms. The maximum atomic E-state index is 5.73. The molecule has 0 N–H and O–H groups in total. The molecule has 2 rings (SSSR count). The molecule has 3 heteroatoms. The van der Waals surface area contributed by atoms with Gasteiger partial charge in [-0.25, -0.2) is 0 Å². The van der Waals surface area contributed by atoms with Gasteiger partial charge < -0.3 is 4.42 Å². The standard InChI is InChI=1S/C17H20Br2O/c1-4-11-9-12(5-2)16(13(6-3)10-11)17(19)14-7-8-15(18)20-14/h7-10,17H,4-6H2,1-3H3. The summed E-state index contributed by atoms with van der Waals surface area (Å²) in [4.78, 5) is 0.115. The van der Waals surface area contributed by atoms with Crippen molar-refractivity contribution >= 4 is 31.9 Å². The fraction of sp³-hybridized carbons (Fsp3) is 0.412. The van der Waals surface area contributed by atoms with Gasteiger partial charge in [0.1, 0.15) is 5.76 Å². The zero-order valence-corrected chi connectivity index (χ0v) is 15.3. The van der Waals surface area contributed by atoms with Crippen molar-refractivity contribution in [3.05, 3.63) is 56.9 Å². The lowest BCUT2D eigenvalue weighted by molar-refractivity contribution is 0.496. The molecule has 0 saturated heterocycles. The molecular weight excluding hydrogens is 380 g/mol. The van der Waals surface area contributed by atoms with Crippen LogP contribution in [0.4, 0.5) is 0 Å². The van der Waals surface area contributed by atoms with Gasteiger partial charge in [-0.3, -0.25) is 0 Å². The van der Waals surface area contributed by atoms with Gasteiger partial charge in [-0.2, -0.15) is 0 Å². The maximum Gasteiger partial charge on any atom is 0.169 e. The van der Waals surface area contributed by atoms with Gasteiger partial charge in [0.05, 0.1) is 4.83 Å². The van der Waals surface area contributed by atoms with Crippen LogP contribution >= 0.6 is 31.9 Å². The first-order valence-electron chi connectivity index (χ1n) is 7.14. The van der Waals surface area contributed by atoms with Crippen molar-refractivity contribution in [2.75, 3.05) is 0 Å². The van der Waals surface area contributed by atoms with Crippen LogP contribution in [0, 0.1) is 0 Å². The van der Waals surface area contributed by atoms with Crippen molar-refractivity contribution in [2.24, 2.45) is 0 Å². The molecule has 0 bridgehead atoms. The number of benzene rings is 1. The van der Waals surface area contributed by atoms with E-state index in [9.17, 15) is 0 Å². The minimum Gasteiger partial charge on any atom is -0.453 e. The quantitative estimate of drug-likeness (QED) is 0.544. The lowest BCUT2D eigenvalue weighted by Crippen LogP contribution is -2.04. The molecule has 0 aliphatic rings. The third-order valence-corrected chi connectivity index (χ3v) is 5.01. The van der Waals surface area contributed by atoms with Crippen molar-refractivity contribution < 1.29 is 4.42 Å². The van der Waals surface area contributed by atoms with Crippen LogP contribution in [0.5, 0.6) is 0 Å². The Labute approximate surface area is 138 Å². The molecule has 2 aromatic rings. The molecule has 0 aliphatic heterocycles. The predicted octanol–water partition coefficient (Wildman–Crippen LogP) is 6.21. The number of hydrogen-bond donors (Lipinski definition) is 0. The fourth-order valence-corrected chi connectivity index (χ4v) is 3.73. The Morgan fingerprint density at radius 1 is 1.00 bits per heavy atom. The average molecular weight is 400 g/mol. The largest absolute Gasteiger partial charge is 0.453 e. The van der Waals surface area contributed by atoms with Gasteiger partial charge in [-0.15, -0.1) is 0 Å². The molecule has 0 fully saturated rings. The van der Waals surface area contributed by atoms with E-state index >= 15 is 0 Å². The average Bonchev–Trinajstić information content (AvgIpc) is 2.91. The highest BCUT2D eigenvalue weighted by Crippen LogP contribution is 2.38. The summed E-state index contributed by atoms with van der Waals surface area (Å²) < 4.78 is 6.50. The number of halogens is 2. The Hall–Kier alpha value is -0.540. The van der Waals surface area contributed by atoms with Crippen LogP contribution in [0.3, 0.4) is 0 Å². The highest BCUT2D eigenvalue weighted by molar-refractivity contribution is 9.10. The first-order valence-corrected chi connectivity index (χ1v) is 8.85. The minimum absolute atomic E-state index is 0.115. The van der Waals surface area contributed by atoms with E-state index in [1.807, 2.05) is 12.1 Å². The summed E-state index contributed by atoms with van der Waals surface area (Å²) in [5.74, 6) is 0.950. The Balaban J connectivity index is 2.53. The SMILES string of the molecule is CCc1cc(CC)c(C(Br)c2ccc(Br)o2)c(CC)c1. The third-order valence-electron chi connectivity index (χ3n) is 3.68. The second kappa shape index (κ2) is 6.95. The number of hydrogen-bond acceptors (Lipinski definition) is 1. The molecule has 1 unspecified atom stereocenters. The second-order valence-corrected chi connectivity index (χ2v) is 6.59. The van der Waals surface area contributed by atoms with E-state index in [-0.39, 0.29) is 4.83 Å². The number of furan rings is 1. The molecule has 1 atom stereocenters. The monoisotopic (exact) mass is 398 g/mol. The molecule has 1 aromatic carbocycles. The first-order chi connectivity index (χ1) is 9.60. The van der Waals surface area contributed by atoms with E-state index in [0.29, 0.717) is 0 Å². The molecule has 0 spiro atoms. The fourth-order valence-electron chi connectivity index (χ4n) is 2.57. The Kier molecular flexibility index (Phi) is 5.50. The topological polar surface area (TPSA) is 13.1 Å². The Bertz CT molecular complexity index is 561. The molecule has 108 valence electrons. The van der Waals surface area contributed by atoms with Crippen molar-refractivity contribution in [1.82, 2.24) is 0 Å². The summed E-state index contributed by atoms with van der Waals surface area (Å²) in [6.45, 7) is 6.65. The first kappa shape index (κ1) is 15.8. The molecule has 0 radical (unpaired) electrons. The highest BCUT2D eigenvalue weighted by Gasteiger charge is 2.20. The van der Waals surface area contributed by atoms with Gasteiger partial charge in [0.2, 0.25) is 0 Å². The normalized spacial score (nSPS) is 12.7. The minimum atomic E-state index is 0.115. The summed E-state index contributed by atoms with van der Waals surface area (Å²) in [5, 5.41) is 0. The summed E-state index contributed by atoms with van der Waals surface area (Å²) in [6.07, 6.45) is 3.17. The van der Waals surface area contributed by atoms with Crippen LogP contribution in [0.2, 0.25) is 0 Å². The van der Waals surface area contributed by atoms with E-state index in [0.717, 1.165) is 29.7 Å². The molecule has 0 aliphatic carbocycles. The Morgan fingerprint density at radius 2 is 1.60 bits per heavy atom. The number of aryl methyl sites for hydroxylation is 3. The lowest BCUT2D eigenvalue weighted by Gasteiger charge is -2.19. The van der Waals surface area contributed by atoms with Crippen LogP contribution < -0.4 is 0 Å². The van der Waals surface area contributed by atoms with Gasteiger partial charge in [-0.1, -0.05) is 48.8 Å². The summed E-state index contributed by atoms with van der Waals surface area (Å²) in [6, 6.07) is 8.64. The summed E-state index contributed by atoms with van der Waals surface area (Å²) in [7, 11) is 0. The molecule has 1 aromatic heterocycles. The third kappa shape index (κ3) is 3.20. The van der Waals surface area contributed by atoms with Crippen LogP contribution in [0.15, 0.2) is 33.4 Å². The van der Waals surface area contributed by atoms with Crippen molar-refractivity contribution in [2.45, 2.75) is 44.9 Å². The van der Waals surface area contributed by atoms with Crippen LogP contribution in [-0.4, -0.2) is 0 Å². The molecule has 1 nitrogen and oxygen atoms in total. The summed E-state index contributed by atoms with van der Waals surface area (Å²) >= 11 is 7.20. The van der Waals surface area contributed by atoms with Crippen molar-refractivity contribution in [3.8, 4) is 0 Å². The molecular formula is C17H20Br2O. The maximum absolute atomic E-state index is 5.73. The molecule has 0 saturated carbocycles. The van der Waals surface area contributed by atoms with E-state index in [4.69, 9.17) is 4.42 Å². The number of rotatable bonds is 5. The van der Waals surface area contributed by atoms with Crippen LogP contribution in [-0.2, 0) is 19.3 Å². The van der Waals surface area contributed by atoms with Gasteiger partial charge in [0, 0.05) is 0 Å². The van der Waals surface area contributed by atoms with E-state index in [1.54, 1.807) is 0 Å². The van der Waals surface area contributed by atoms with Gasteiger partial charge in [0.25, 0.3) is 0 Å². The van der Waals surface area contributed by atoms with Crippen molar-refractivity contribution in [3.63, 3.8) is 0 Å². The number of alkyl halides is 1. The zero-order valence-electron chi connectivity index (χ0n) is 12.2. The predicted molar refractivity (Wildman–Crippen MR) is 91.8 cm³/mol. The van der Waals surface area contributed by atoms with Gasteiger partial charge in [0.15, 0.2) is 4.67 Å². The molecule has 0 amide bonds. The molecule has 1 heterocycles. The Morgan fingerprint density at radius 3 is 2.00 bits per heavy atom. The lowest BCUT2D eigenvalue weighted by atomic mass is 9.91. The van der Waals surface area contributed by atoms with Crippen LogP contribution in [0.1, 0.15) is 53.6 Å².